The number of pyridine rings is 1. The number of benzene rings is 1. The molecule has 1 aromatic carbocycles. The van der Waals surface area contributed by atoms with Crippen molar-refractivity contribution in [2.24, 2.45) is 7.05 Å². The average molecular weight is 453 g/mol. The Hall–Kier alpha value is -3.29. The summed E-state index contributed by atoms with van der Waals surface area (Å²) in [5, 5.41) is 8.12. The van der Waals surface area contributed by atoms with Crippen LogP contribution in [0.5, 0.6) is 0 Å². The number of amides is 1. The first-order valence-corrected chi connectivity index (χ1v) is 10.2. The van der Waals surface area contributed by atoms with Gasteiger partial charge < -0.3 is 5.32 Å². The fourth-order valence-electron chi connectivity index (χ4n) is 3.04. The minimum atomic E-state index is -0.330. The zero-order chi connectivity index (χ0) is 22.0. The molecular formula is C22H18Cl2N6O. The van der Waals surface area contributed by atoms with Crippen molar-refractivity contribution < 1.29 is 4.79 Å². The molecule has 1 amide bonds. The lowest BCUT2D eigenvalue weighted by molar-refractivity contribution is 0.0935. The lowest BCUT2D eigenvalue weighted by atomic mass is 10.1. The Bertz CT molecular complexity index is 1240. The Kier molecular flexibility index (Phi) is 5.97. The van der Waals surface area contributed by atoms with Gasteiger partial charge in [-0.1, -0.05) is 35.3 Å². The number of hydrogen-bond acceptors (Lipinski definition) is 5. The highest BCUT2D eigenvalue weighted by molar-refractivity contribution is 6.30. The fraction of sp³-hybridized carbons (Fsp3) is 0.136. The number of rotatable bonds is 5. The van der Waals surface area contributed by atoms with Gasteiger partial charge in [0.05, 0.1) is 23.5 Å². The van der Waals surface area contributed by atoms with Crippen LogP contribution in [0.15, 0.2) is 61.1 Å². The van der Waals surface area contributed by atoms with Gasteiger partial charge in [0.2, 0.25) is 0 Å². The van der Waals surface area contributed by atoms with Crippen molar-refractivity contribution in [1.82, 2.24) is 30.0 Å². The van der Waals surface area contributed by atoms with Crippen molar-refractivity contribution in [3.63, 3.8) is 0 Å². The predicted octanol–water partition coefficient (Wildman–Crippen LogP) is 4.74. The largest absolute Gasteiger partial charge is 0.344 e. The summed E-state index contributed by atoms with van der Waals surface area (Å²) in [4.78, 5) is 26.1. The standard InChI is InChI=1S/C22H18Cl2N6O/c1-13(15-7-8-25-20(24)9-15)27-22(31)19-10-18(14-3-5-17(23)6-4-14)28-21(29-19)16-11-26-30(2)12-16/h3-13H,1-2H3,(H,27,31). The van der Waals surface area contributed by atoms with Gasteiger partial charge in [-0.2, -0.15) is 5.10 Å². The second kappa shape index (κ2) is 8.83. The molecule has 0 bridgehead atoms. The molecule has 9 heteroatoms. The molecule has 0 saturated heterocycles. The number of aromatic nitrogens is 5. The van der Waals surface area contributed by atoms with E-state index in [1.807, 2.05) is 26.1 Å². The van der Waals surface area contributed by atoms with E-state index in [1.165, 1.54) is 0 Å². The van der Waals surface area contributed by atoms with Crippen LogP contribution in [0.3, 0.4) is 0 Å². The van der Waals surface area contributed by atoms with Crippen LogP contribution in [0.25, 0.3) is 22.6 Å². The highest BCUT2D eigenvalue weighted by Gasteiger charge is 2.17. The zero-order valence-corrected chi connectivity index (χ0v) is 18.3. The van der Waals surface area contributed by atoms with Crippen LogP contribution in [0, 0.1) is 0 Å². The Morgan fingerprint density at radius 1 is 1.06 bits per heavy atom. The normalized spacial score (nSPS) is 11.9. The molecule has 3 heterocycles. The summed E-state index contributed by atoms with van der Waals surface area (Å²) in [6.45, 7) is 1.87. The molecular weight excluding hydrogens is 435 g/mol. The molecule has 0 spiro atoms. The maximum atomic E-state index is 13.0. The van der Waals surface area contributed by atoms with Crippen LogP contribution in [0.1, 0.15) is 29.0 Å². The van der Waals surface area contributed by atoms with E-state index in [1.54, 1.807) is 53.6 Å². The first-order valence-electron chi connectivity index (χ1n) is 9.45. The number of halogens is 2. The Morgan fingerprint density at radius 2 is 1.84 bits per heavy atom. The Morgan fingerprint density at radius 3 is 2.52 bits per heavy atom. The lowest BCUT2D eigenvalue weighted by Crippen LogP contribution is -2.27. The molecule has 0 fully saturated rings. The average Bonchev–Trinajstić information content (AvgIpc) is 3.20. The third kappa shape index (κ3) is 4.90. The minimum Gasteiger partial charge on any atom is -0.344 e. The molecule has 1 N–H and O–H groups in total. The first-order chi connectivity index (χ1) is 14.9. The molecule has 0 aliphatic carbocycles. The minimum absolute atomic E-state index is 0.241. The Labute approximate surface area is 189 Å². The smallest absolute Gasteiger partial charge is 0.270 e. The summed E-state index contributed by atoms with van der Waals surface area (Å²) >= 11 is 12.0. The molecule has 0 aliphatic heterocycles. The molecule has 31 heavy (non-hydrogen) atoms. The van der Waals surface area contributed by atoms with Gasteiger partial charge in [0.1, 0.15) is 10.8 Å². The molecule has 3 aromatic heterocycles. The summed E-state index contributed by atoms with van der Waals surface area (Å²) < 4.78 is 1.66. The number of carbonyl (C=O) groups is 1. The maximum absolute atomic E-state index is 13.0. The van der Waals surface area contributed by atoms with Crippen molar-refractivity contribution in [1.29, 1.82) is 0 Å². The molecule has 4 aromatic rings. The number of hydrogen-bond donors (Lipinski definition) is 1. The molecule has 1 unspecified atom stereocenters. The fourth-order valence-corrected chi connectivity index (χ4v) is 3.35. The SMILES string of the molecule is CC(NC(=O)c1cc(-c2ccc(Cl)cc2)nc(-c2cnn(C)c2)n1)c1ccnc(Cl)c1. The van der Waals surface area contributed by atoms with Crippen molar-refractivity contribution in [3.05, 3.63) is 82.5 Å². The van der Waals surface area contributed by atoms with Crippen LogP contribution < -0.4 is 5.32 Å². The monoisotopic (exact) mass is 452 g/mol. The topological polar surface area (TPSA) is 85.6 Å². The van der Waals surface area contributed by atoms with E-state index in [9.17, 15) is 4.79 Å². The number of aryl methyl sites for hydroxylation is 1. The van der Waals surface area contributed by atoms with Gasteiger partial charge in [-0.25, -0.2) is 15.0 Å². The summed E-state index contributed by atoms with van der Waals surface area (Å²) in [5.74, 6) is 0.0773. The Balaban J connectivity index is 1.70. The first kappa shape index (κ1) is 21.0. The second-order valence-corrected chi connectivity index (χ2v) is 7.80. The van der Waals surface area contributed by atoms with Gasteiger partial charge in [0, 0.05) is 30.0 Å². The van der Waals surface area contributed by atoms with Crippen LogP contribution in [-0.4, -0.2) is 30.6 Å². The van der Waals surface area contributed by atoms with E-state index >= 15 is 0 Å². The molecule has 0 saturated carbocycles. The van der Waals surface area contributed by atoms with Gasteiger partial charge in [0.15, 0.2) is 5.82 Å². The summed E-state index contributed by atoms with van der Waals surface area (Å²) in [5.41, 5.74) is 3.22. The van der Waals surface area contributed by atoms with Crippen molar-refractivity contribution in [2.75, 3.05) is 0 Å². The van der Waals surface area contributed by atoms with E-state index in [2.05, 4.69) is 25.4 Å². The van der Waals surface area contributed by atoms with Gasteiger partial charge in [-0.15, -0.1) is 0 Å². The molecule has 0 aliphatic rings. The van der Waals surface area contributed by atoms with Gasteiger partial charge in [-0.3, -0.25) is 9.48 Å². The maximum Gasteiger partial charge on any atom is 0.270 e. The van der Waals surface area contributed by atoms with Crippen LogP contribution >= 0.6 is 23.2 Å². The number of nitrogens with zero attached hydrogens (tertiary/aromatic N) is 5. The van der Waals surface area contributed by atoms with Crippen molar-refractivity contribution in [2.45, 2.75) is 13.0 Å². The van der Waals surface area contributed by atoms with Crippen LogP contribution in [-0.2, 0) is 7.05 Å². The van der Waals surface area contributed by atoms with Gasteiger partial charge in [-0.05, 0) is 42.8 Å². The number of nitrogens with one attached hydrogen (secondary N) is 1. The summed E-state index contributed by atoms with van der Waals surface area (Å²) in [7, 11) is 1.81. The lowest BCUT2D eigenvalue weighted by Gasteiger charge is -2.15. The summed E-state index contributed by atoms with van der Waals surface area (Å²) in [6.07, 6.45) is 5.05. The van der Waals surface area contributed by atoms with Crippen molar-refractivity contribution in [3.8, 4) is 22.6 Å². The molecule has 0 radical (unpaired) electrons. The molecule has 1 atom stereocenters. The highest BCUT2D eigenvalue weighted by atomic mass is 35.5. The zero-order valence-electron chi connectivity index (χ0n) is 16.8. The molecule has 4 rings (SSSR count). The number of carbonyl (C=O) groups excluding carboxylic acids is 1. The van der Waals surface area contributed by atoms with E-state index in [0.717, 1.165) is 11.1 Å². The van der Waals surface area contributed by atoms with E-state index < -0.39 is 0 Å². The van der Waals surface area contributed by atoms with Gasteiger partial charge in [0.25, 0.3) is 5.91 Å². The third-order valence-corrected chi connectivity index (χ3v) is 5.12. The van der Waals surface area contributed by atoms with Crippen molar-refractivity contribution >= 4 is 29.1 Å². The molecule has 156 valence electrons. The quantitative estimate of drug-likeness (QED) is 0.442. The van der Waals surface area contributed by atoms with Crippen LogP contribution in [0.4, 0.5) is 0 Å². The van der Waals surface area contributed by atoms with E-state index in [4.69, 9.17) is 23.2 Å². The van der Waals surface area contributed by atoms with Gasteiger partial charge >= 0.3 is 0 Å². The van der Waals surface area contributed by atoms with E-state index in [-0.39, 0.29) is 17.6 Å². The van der Waals surface area contributed by atoms with E-state index in [0.29, 0.717) is 27.3 Å². The second-order valence-electron chi connectivity index (χ2n) is 6.98. The predicted molar refractivity (Wildman–Crippen MR) is 120 cm³/mol. The molecule has 7 nitrogen and oxygen atoms in total. The highest BCUT2D eigenvalue weighted by Crippen LogP contribution is 2.24. The third-order valence-electron chi connectivity index (χ3n) is 4.66. The van der Waals surface area contributed by atoms with Crippen LogP contribution in [0.2, 0.25) is 10.2 Å². The summed E-state index contributed by atoms with van der Waals surface area (Å²) in [6, 6.07) is 12.1.